The van der Waals surface area contributed by atoms with Crippen LogP contribution in [-0.2, 0) is 27.8 Å². The molecule has 0 spiro atoms. The van der Waals surface area contributed by atoms with Crippen LogP contribution in [0.3, 0.4) is 0 Å². The van der Waals surface area contributed by atoms with Gasteiger partial charge in [-0.25, -0.2) is 13.1 Å². The van der Waals surface area contributed by atoms with Crippen LogP contribution >= 0.6 is 11.6 Å². The van der Waals surface area contributed by atoms with Crippen LogP contribution in [0.4, 0.5) is 0 Å². The van der Waals surface area contributed by atoms with Crippen LogP contribution in [0.15, 0.2) is 71.6 Å². The van der Waals surface area contributed by atoms with Crippen molar-refractivity contribution in [2.45, 2.75) is 17.9 Å². The topological polar surface area (TPSA) is 103 Å². The van der Waals surface area contributed by atoms with Gasteiger partial charge in [0.05, 0.1) is 19.1 Å². The van der Waals surface area contributed by atoms with Crippen molar-refractivity contribution in [3.8, 4) is 17.2 Å². The van der Waals surface area contributed by atoms with Crippen LogP contribution in [0, 0.1) is 0 Å². The van der Waals surface area contributed by atoms with E-state index in [4.69, 9.17) is 25.8 Å². The van der Waals surface area contributed by atoms with E-state index in [1.165, 1.54) is 24.3 Å². The maximum absolute atomic E-state index is 12.6. The molecule has 10 heteroatoms. The number of sulfonamides is 1. The van der Waals surface area contributed by atoms with Gasteiger partial charge < -0.3 is 19.5 Å². The van der Waals surface area contributed by atoms with Gasteiger partial charge in [0.1, 0.15) is 5.75 Å². The highest BCUT2D eigenvalue weighted by atomic mass is 35.5. The molecule has 0 bridgehead atoms. The Morgan fingerprint density at radius 2 is 1.66 bits per heavy atom. The lowest BCUT2D eigenvalue weighted by Gasteiger charge is -2.11. The normalized spacial score (nSPS) is 11.1. The molecule has 186 valence electrons. The smallest absolute Gasteiger partial charge is 0.258 e. The molecule has 3 rings (SSSR count). The van der Waals surface area contributed by atoms with E-state index in [1.54, 1.807) is 26.4 Å². The maximum Gasteiger partial charge on any atom is 0.258 e. The molecule has 1 amide bonds. The summed E-state index contributed by atoms with van der Waals surface area (Å²) < 4.78 is 43.7. The number of ether oxygens (including phenoxy) is 3. The Balaban J connectivity index is 1.47. The molecule has 3 aromatic rings. The second-order valence-corrected chi connectivity index (χ2v) is 9.64. The summed E-state index contributed by atoms with van der Waals surface area (Å²) in [5.74, 6) is 1.25. The molecule has 0 aliphatic carbocycles. The molecule has 0 radical (unpaired) electrons. The molecule has 0 fully saturated rings. The number of hydrogen-bond acceptors (Lipinski definition) is 6. The first-order chi connectivity index (χ1) is 16.8. The van der Waals surface area contributed by atoms with Crippen LogP contribution in [0.5, 0.6) is 17.2 Å². The molecule has 0 aliphatic rings. The highest BCUT2D eigenvalue weighted by Gasteiger charge is 2.14. The third-order valence-electron chi connectivity index (χ3n) is 5.09. The van der Waals surface area contributed by atoms with Crippen molar-refractivity contribution in [2.75, 3.05) is 27.4 Å². The highest BCUT2D eigenvalue weighted by molar-refractivity contribution is 7.89. The first kappa shape index (κ1) is 26.3. The summed E-state index contributed by atoms with van der Waals surface area (Å²) in [4.78, 5) is 12.1. The summed E-state index contributed by atoms with van der Waals surface area (Å²) in [5.41, 5.74) is 1.71. The number of benzene rings is 3. The van der Waals surface area contributed by atoms with Crippen LogP contribution in [0.1, 0.15) is 11.1 Å². The number of methoxy groups -OCH3 is 2. The minimum Gasteiger partial charge on any atom is -0.493 e. The average molecular weight is 519 g/mol. The standard InChI is InChI=1S/C25H27ClN2O6S/c1-32-23-12-7-18(15-24(23)33-2)13-14-28-35(30,31)21-10-8-20(9-11-21)34-17-25(29)27-16-19-5-3-4-6-22(19)26/h3-12,15,28H,13-14,16-17H2,1-2H3,(H,27,29). The first-order valence-electron chi connectivity index (χ1n) is 10.8. The lowest BCUT2D eigenvalue weighted by molar-refractivity contribution is -0.123. The number of amides is 1. The molecule has 0 aromatic heterocycles. The van der Waals surface area contributed by atoms with Gasteiger partial charge in [0, 0.05) is 18.1 Å². The van der Waals surface area contributed by atoms with Gasteiger partial charge in [-0.1, -0.05) is 35.9 Å². The van der Waals surface area contributed by atoms with E-state index >= 15 is 0 Å². The van der Waals surface area contributed by atoms with Crippen LogP contribution in [0.25, 0.3) is 0 Å². The van der Waals surface area contributed by atoms with Gasteiger partial charge in [0.2, 0.25) is 10.0 Å². The average Bonchev–Trinajstić information content (AvgIpc) is 2.87. The Bertz CT molecular complexity index is 1250. The van der Waals surface area contributed by atoms with Crippen molar-refractivity contribution < 1.29 is 27.4 Å². The molecule has 8 nitrogen and oxygen atoms in total. The minimum absolute atomic E-state index is 0.0975. The Labute approximate surface area is 210 Å². The van der Waals surface area contributed by atoms with E-state index in [0.717, 1.165) is 11.1 Å². The van der Waals surface area contributed by atoms with Gasteiger partial charge in [0.25, 0.3) is 5.91 Å². The predicted molar refractivity (Wildman–Crippen MR) is 134 cm³/mol. The Hall–Kier alpha value is -3.27. The van der Waals surface area contributed by atoms with Crippen LogP contribution in [-0.4, -0.2) is 41.7 Å². The fourth-order valence-corrected chi connectivity index (χ4v) is 4.43. The fraction of sp³-hybridized carbons (Fsp3) is 0.240. The zero-order chi connectivity index (χ0) is 25.3. The molecule has 35 heavy (non-hydrogen) atoms. The van der Waals surface area contributed by atoms with E-state index in [9.17, 15) is 13.2 Å². The first-order valence-corrected chi connectivity index (χ1v) is 12.6. The maximum atomic E-state index is 12.6. The van der Waals surface area contributed by atoms with Gasteiger partial charge in [-0.3, -0.25) is 4.79 Å². The zero-order valence-corrected chi connectivity index (χ0v) is 21.0. The summed E-state index contributed by atoms with van der Waals surface area (Å²) >= 11 is 6.07. The molecular formula is C25H27ClN2O6S. The molecule has 0 heterocycles. The SMILES string of the molecule is COc1ccc(CCNS(=O)(=O)c2ccc(OCC(=O)NCc3ccccc3Cl)cc2)cc1OC. The summed E-state index contributed by atoms with van der Waals surface area (Å²) in [6.07, 6.45) is 0.476. The highest BCUT2D eigenvalue weighted by Crippen LogP contribution is 2.27. The van der Waals surface area contributed by atoms with E-state index < -0.39 is 10.0 Å². The second-order valence-electron chi connectivity index (χ2n) is 7.47. The zero-order valence-electron chi connectivity index (χ0n) is 19.4. The number of halogens is 1. The molecule has 0 aliphatic heterocycles. The minimum atomic E-state index is -3.70. The number of carbonyl (C=O) groups is 1. The van der Waals surface area contributed by atoms with Gasteiger partial charge >= 0.3 is 0 Å². The third-order valence-corrected chi connectivity index (χ3v) is 6.94. The number of carbonyl (C=O) groups excluding carboxylic acids is 1. The van der Waals surface area contributed by atoms with Crippen molar-refractivity contribution in [1.29, 1.82) is 0 Å². The molecule has 3 aromatic carbocycles. The van der Waals surface area contributed by atoms with Gasteiger partial charge in [0.15, 0.2) is 18.1 Å². The van der Waals surface area contributed by atoms with Crippen molar-refractivity contribution in [2.24, 2.45) is 0 Å². The Morgan fingerprint density at radius 1 is 0.943 bits per heavy atom. The molecule has 0 saturated carbocycles. The Morgan fingerprint density at radius 3 is 2.34 bits per heavy atom. The number of rotatable bonds is 12. The predicted octanol–water partition coefficient (Wildman–Crippen LogP) is 3.57. The van der Waals surface area contributed by atoms with E-state index in [2.05, 4.69) is 10.0 Å². The van der Waals surface area contributed by atoms with Crippen LogP contribution < -0.4 is 24.2 Å². The monoisotopic (exact) mass is 518 g/mol. The fourth-order valence-electron chi connectivity index (χ4n) is 3.20. The summed E-state index contributed by atoms with van der Waals surface area (Å²) in [5, 5.41) is 3.30. The molecular weight excluding hydrogens is 492 g/mol. The quantitative estimate of drug-likeness (QED) is 0.380. The van der Waals surface area contributed by atoms with Crippen molar-refractivity contribution >= 4 is 27.5 Å². The lowest BCUT2D eigenvalue weighted by atomic mass is 10.1. The summed E-state index contributed by atoms with van der Waals surface area (Å²) in [7, 11) is -0.602. The number of nitrogens with one attached hydrogen (secondary N) is 2. The third kappa shape index (κ3) is 7.61. The van der Waals surface area contributed by atoms with Crippen molar-refractivity contribution in [3.05, 3.63) is 82.9 Å². The Kier molecular flexibility index (Phi) is 9.36. The lowest BCUT2D eigenvalue weighted by Crippen LogP contribution is -2.28. The number of hydrogen-bond donors (Lipinski definition) is 2. The van der Waals surface area contributed by atoms with E-state index in [-0.39, 0.29) is 30.5 Å². The van der Waals surface area contributed by atoms with Gasteiger partial charge in [-0.05, 0) is 60.0 Å². The molecule has 0 unspecified atom stereocenters. The summed E-state index contributed by atoms with van der Waals surface area (Å²) in [6, 6.07) is 18.5. The molecule has 0 atom stereocenters. The second kappa shape index (κ2) is 12.4. The van der Waals surface area contributed by atoms with E-state index in [1.807, 2.05) is 30.3 Å². The van der Waals surface area contributed by atoms with E-state index in [0.29, 0.717) is 28.7 Å². The van der Waals surface area contributed by atoms with Crippen molar-refractivity contribution in [1.82, 2.24) is 10.0 Å². The largest absolute Gasteiger partial charge is 0.493 e. The molecule has 0 saturated heterocycles. The van der Waals surface area contributed by atoms with Crippen LogP contribution in [0.2, 0.25) is 5.02 Å². The molecule has 2 N–H and O–H groups in total. The van der Waals surface area contributed by atoms with Gasteiger partial charge in [-0.15, -0.1) is 0 Å². The summed E-state index contributed by atoms with van der Waals surface area (Å²) in [6.45, 7) is 0.288. The van der Waals surface area contributed by atoms with Crippen molar-refractivity contribution in [3.63, 3.8) is 0 Å². The van der Waals surface area contributed by atoms with Gasteiger partial charge in [-0.2, -0.15) is 0 Å².